The lowest BCUT2D eigenvalue weighted by atomic mass is 10.1. The van der Waals surface area contributed by atoms with Crippen molar-refractivity contribution in [1.29, 1.82) is 0 Å². The molecule has 2 aliphatic heterocycles. The summed E-state index contributed by atoms with van der Waals surface area (Å²) in [6.45, 7) is 7.14. The number of rotatable bonds is 6. The Morgan fingerprint density at radius 3 is 2.06 bits per heavy atom. The summed E-state index contributed by atoms with van der Waals surface area (Å²) in [4.78, 5) is 30.5. The SMILES string of the molecule is COc1ccc(CCC(=O)N2CCN(c3cc(N4CCN(C)CC4)ncn3)CC2)cc1. The van der Waals surface area contributed by atoms with Gasteiger partial charge in [0.1, 0.15) is 23.7 Å². The first-order valence-corrected chi connectivity index (χ1v) is 11.0. The van der Waals surface area contributed by atoms with Crippen LogP contribution in [0.15, 0.2) is 36.7 Å². The van der Waals surface area contributed by atoms with Crippen molar-refractivity contribution < 1.29 is 9.53 Å². The Balaban J connectivity index is 1.27. The molecule has 0 atom stereocenters. The van der Waals surface area contributed by atoms with Gasteiger partial charge in [-0.1, -0.05) is 12.1 Å². The van der Waals surface area contributed by atoms with Crippen LogP contribution in [-0.4, -0.2) is 92.2 Å². The summed E-state index contributed by atoms with van der Waals surface area (Å²) in [5, 5.41) is 0. The van der Waals surface area contributed by atoms with Crippen LogP contribution in [-0.2, 0) is 11.2 Å². The molecule has 8 heteroatoms. The molecule has 0 saturated carbocycles. The van der Waals surface area contributed by atoms with E-state index in [9.17, 15) is 4.79 Å². The summed E-state index contributed by atoms with van der Waals surface area (Å²) < 4.78 is 5.19. The first kappa shape index (κ1) is 21.4. The Morgan fingerprint density at radius 2 is 1.48 bits per heavy atom. The first-order chi connectivity index (χ1) is 15.1. The van der Waals surface area contributed by atoms with Gasteiger partial charge in [-0.3, -0.25) is 4.79 Å². The molecular weight excluding hydrogens is 392 g/mol. The zero-order chi connectivity index (χ0) is 21.6. The zero-order valence-corrected chi connectivity index (χ0v) is 18.5. The van der Waals surface area contributed by atoms with Crippen molar-refractivity contribution in [2.45, 2.75) is 12.8 Å². The van der Waals surface area contributed by atoms with E-state index in [2.05, 4.69) is 37.8 Å². The smallest absolute Gasteiger partial charge is 0.223 e. The average Bonchev–Trinajstić information content (AvgIpc) is 2.83. The highest BCUT2D eigenvalue weighted by molar-refractivity contribution is 5.76. The molecule has 2 fully saturated rings. The van der Waals surface area contributed by atoms with Crippen LogP contribution in [0, 0.1) is 0 Å². The number of aryl methyl sites for hydroxylation is 1. The molecule has 3 heterocycles. The molecular formula is C23H32N6O2. The second kappa shape index (κ2) is 9.96. The van der Waals surface area contributed by atoms with E-state index < -0.39 is 0 Å². The van der Waals surface area contributed by atoms with Gasteiger partial charge in [0.25, 0.3) is 0 Å². The van der Waals surface area contributed by atoms with Crippen LogP contribution in [0.4, 0.5) is 11.6 Å². The van der Waals surface area contributed by atoms with Crippen molar-refractivity contribution in [2.75, 3.05) is 76.3 Å². The predicted octanol–water partition coefficient (Wildman–Crippen LogP) is 1.52. The molecule has 8 nitrogen and oxygen atoms in total. The molecule has 4 rings (SSSR count). The Labute approximate surface area is 184 Å². The van der Waals surface area contributed by atoms with Crippen molar-refractivity contribution in [2.24, 2.45) is 0 Å². The predicted molar refractivity (Wildman–Crippen MR) is 122 cm³/mol. The topological polar surface area (TPSA) is 65.0 Å². The average molecular weight is 425 g/mol. The number of benzene rings is 1. The standard InChI is InChI=1S/C23H32N6O2/c1-26-9-11-27(12-10-26)21-17-22(25-18-24-21)28-13-15-29(16-14-28)23(30)8-5-19-3-6-20(31-2)7-4-19/h3-4,6-7,17-18H,5,8-16H2,1-2H3. The van der Waals surface area contributed by atoms with E-state index in [1.165, 1.54) is 0 Å². The molecule has 2 aliphatic rings. The van der Waals surface area contributed by atoms with Gasteiger partial charge in [0.05, 0.1) is 7.11 Å². The van der Waals surface area contributed by atoms with Gasteiger partial charge in [-0.15, -0.1) is 0 Å². The van der Waals surface area contributed by atoms with Crippen LogP contribution < -0.4 is 14.5 Å². The number of aromatic nitrogens is 2. The maximum atomic E-state index is 12.7. The molecule has 166 valence electrons. The number of hydrogen-bond acceptors (Lipinski definition) is 7. The van der Waals surface area contributed by atoms with E-state index in [0.717, 1.165) is 81.7 Å². The summed E-state index contributed by atoms with van der Waals surface area (Å²) >= 11 is 0. The molecule has 0 bridgehead atoms. The van der Waals surface area contributed by atoms with Crippen molar-refractivity contribution in [3.63, 3.8) is 0 Å². The fraction of sp³-hybridized carbons (Fsp3) is 0.522. The summed E-state index contributed by atoms with van der Waals surface area (Å²) in [6.07, 6.45) is 2.95. The molecule has 1 amide bonds. The summed E-state index contributed by atoms with van der Waals surface area (Å²) in [5.74, 6) is 3.01. The van der Waals surface area contributed by atoms with Gasteiger partial charge in [-0.05, 0) is 31.2 Å². The van der Waals surface area contributed by atoms with E-state index in [-0.39, 0.29) is 5.91 Å². The van der Waals surface area contributed by atoms with E-state index in [4.69, 9.17) is 4.74 Å². The number of likely N-dealkylation sites (N-methyl/N-ethyl adjacent to an activating group) is 1. The fourth-order valence-electron chi connectivity index (χ4n) is 4.11. The molecule has 0 radical (unpaired) electrons. The highest BCUT2D eigenvalue weighted by Gasteiger charge is 2.23. The van der Waals surface area contributed by atoms with Gasteiger partial charge in [0, 0.05) is 64.8 Å². The monoisotopic (exact) mass is 424 g/mol. The molecule has 31 heavy (non-hydrogen) atoms. The maximum Gasteiger partial charge on any atom is 0.223 e. The highest BCUT2D eigenvalue weighted by Crippen LogP contribution is 2.20. The quantitative estimate of drug-likeness (QED) is 0.697. The molecule has 1 aromatic heterocycles. The Bertz CT molecular complexity index is 859. The third kappa shape index (κ3) is 5.44. The number of piperazine rings is 2. The Hall–Kier alpha value is -2.87. The van der Waals surface area contributed by atoms with E-state index >= 15 is 0 Å². The summed E-state index contributed by atoms with van der Waals surface area (Å²) in [6, 6.07) is 10.0. The van der Waals surface area contributed by atoms with Gasteiger partial charge in [-0.25, -0.2) is 9.97 Å². The Kier molecular flexibility index (Phi) is 6.86. The molecule has 1 aromatic carbocycles. The molecule has 0 aliphatic carbocycles. The molecule has 2 aromatic rings. The molecule has 0 N–H and O–H groups in total. The van der Waals surface area contributed by atoms with Crippen molar-refractivity contribution >= 4 is 17.5 Å². The van der Waals surface area contributed by atoms with Crippen LogP contribution in [0.5, 0.6) is 5.75 Å². The van der Waals surface area contributed by atoms with E-state index in [1.54, 1.807) is 13.4 Å². The minimum Gasteiger partial charge on any atom is -0.497 e. The van der Waals surface area contributed by atoms with Gasteiger partial charge < -0.3 is 24.3 Å². The summed E-state index contributed by atoms with van der Waals surface area (Å²) in [7, 11) is 3.81. The lowest BCUT2D eigenvalue weighted by molar-refractivity contribution is -0.131. The molecule has 0 unspecified atom stereocenters. The highest BCUT2D eigenvalue weighted by atomic mass is 16.5. The largest absolute Gasteiger partial charge is 0.497 e. The number of carbonyl (C=O) groups is 1. The minimum atomic E-state index is 0.219. The van der Waals surface area contributed by atoms with E-state index in [0.29, 0.717) is 6.42 Å². The first-order valence-electron chi connectivity index (χ1n) is 11.0. The number of amides is 1. The summed E-state index contributed by atoms with van der Waals surface area (Å²) in [5.41, 5.74) is 1.16. The second-order valence-corrected chi connectivity index (χ2v) is 8.24. The number of hydrogen-bond donors (Lipinski definition) is 0. The van der Waals surface area contributed by atoms with Crippen molar-refractivity contribution in [3.05, 3.63) is 42.2 Å². The lowest BCUT2D eigenvalue weighted by Crippen LogP contribution is -2.49. The number of anilines is 2. The van der Waals surface area contributed by atoms with Crippen LogP contribution >= 0.6 is 0 Å². The molecule has 0 spiro atoms. The lowest BCUT2D eigenvalue weighted by Gasteiger charge is -2.36. The molecule has 2 saturated heterocycles. The Morgan fingerprint density at radius 1 is 0.903 bits per heavy atom. The zero-order valence-electron chi connectivity index (χ0n) is 18.5. The van der Waals surface area contributed by atoms with Crippen LogP contribution in [0.2, 0.25) is 0 Å². The van der Waals surface area contributed by atoms with Crippen LogP contribution in [0.25, 0.3) is 0 Å². The number of ether oxygens (including phenoxy) is 1. The number of methoxy groups -OCH3 is 1. The minimum absolute atomic E-state index is 0.219. The van der Waals surface area contributed by atoms with Gasteiger partial charge in [0.15, 0.2) is 0 Å². The normalized spacial score (nSPS) is 17.7. The number of carbonyl (C=O) groups excluding carboxylic acids is 1. The third-order valence-corrected chi connectivity index (χ3v) is 6.21. The van der Waals surface area contributed by atoms with Crippen LogP contribution in [0.3, 0.4) is 0 Å². The van der Waals surface area contributed by atoms with Gasteiger partial charge in [-0.2, -0.15) is 0 Å². The second-order valence-electron chi connectivity index (χ2n) is 8.24. The number of nitrogens with zero attached hydrogens (tertiary/aromatic N) is 6. The van der Waals surface area contributed by atoms with Crippen molar-refractivity contribution in [3.8, 4) is 5.75 Å². The maximum absolute atomic E-state index is 12.7. The van der Waals surface area contributed by atoms with Crippen molar-refractivity contribution in [1.82, 2.24) is 19.8 Å². The van der Waals surface area contributed by atoms with Gasteiger partial charge >= 0.3 is 0 Å². The van der Waals surface area contributed by atoms with E-state index in [1.807, 2.05) is 29.2 Å². The van der Waals surface area contributed by atoms with Gasteiger partial charge in [0.2, 0.25) is 5.91 Å². The van der Waals surface area contributed by atoms with Crippen LogP contribution in [0.1, 0.15) is 12.0 Å². The third-order valence-electron chi connectivity index (χ3n) is 6.21. The fourth-order valence-corrected chi connectivity index (χ4v) is 4.11.